The quantitative estimate of drug-likeness (QED) is 0.819. The highest BCUT2D eigenvalue weighted by Gasteiger charge is 2.33. The zero-order valence-corrected chi connectivity index (χ0v) is 10.3. The number of rotatable bonds is 5. The molecule has 3 N–H and O–H groups in total. The van der Waals surface area contributed by atoms with Crippen molar-refractivity contribution in [3.05, 3.63) is 29.3 Å². The Morgan fingerprint density at radius 1 is 1.56 bits per heavy atom. The Hall–Kier alpha value is -1.59. The minimum Gasteiger partial charge on any atom is -0.496 e. The highest BCUT2D eigenvalue weighted by Crippen LogP contribution is 2.39. The van der Waals surface area contributed by atoms with E-state index < -0.39 is 5.97 Å². The maximum Gasteiger partial charge on any atom is 0.305 e. The maximum absolute atomic E-state index is 10.5. The average molecular weight is 251 g/mol. The molecular weight excluding hydrogens is 234 g/mol. The second-order valence-corrected chi connectivity index (χ2v) is 4.34. The van der Waals surface area contributed by atoms with Crippen molar-refractivity contribution in [2.75, 3.05) is 13.7 Å². The second-order valence-electron chi connectivity index (χ2n) is 4.34. The van der Waals surface area contributed by atoms with Gasteiger partial charge in [-0.3, -0.25) is 4.79 Å². The first kappa shape index (κ1) is 12.9. The molecule has 1 aliphatic carbocycles. The number of benzene rings is 1. The highest BCUT2D eigenvalue weighted by molar-refractivity contribution is 5.66. The summed E-state index contributed by atoms with van der Waals surface area (Å²) in [6.45, 7) is 0.158. The van der Waals surface area contributed by atoms with Crippen LogP contribution in [0.3, 0.4) is 0 Å². The van der Waals surface area contributed by atoms with Gasteiger partial charge in [0.1, 0.15) is 11.9 Å². The maximum atomic E-state index is 10.5. The van der Waals surface area contributed by atoms with Gasteiger partial charge in [0.05, 0.1) is 20.1 Å². The van der Waals surface area contributed by atoms with Crippen molar-refractivity contribution in [3.63, 3.8) is 0 Å². The number of aliphatic carboxylic acids is 1. The number of hydrogen-bond acceptors (Lipinski definition) is 4. The molecule has 18 heavy (non-hydrogen) atoms. The molecule has 0 heterocycles. The van der Waals surface area contributed by atoms with Gasteiger partial charge in [0.2, 0.25) is 0 Å². The summed E-state index contributed by atoms with van der Waals surface area (Å²) < 4.78 is 10.9. The van der Waals surface area contributed by atoms with E-state index in [0.29, 0.717) is 0 Å². The summed E-state index contributed by atoms with van der Waals surface area (Å²) in [5, 5.41) is 8.61. The minimum absolute atomic E-state index is 0.0201. The number of carboxylic acid groups (broad SMARTS) is 1. The molecule has 2 unspecified atom stereocenters. The number of ether oxygens (including phenoxy) is 2. The van der Waals surface area contributed by atoms with Crippen molar-refractivity contribution in [2.45, 2.75) is 25.0 Å². The second kappa shape index (κ2) is 5.37. The first-order valence-corrected chi connectivity index (χ1v) is 5.88. The number of methoxy groups -OCH3 is 1. The molecule has 1 aromatic carbocycles. The third-order valence-corrected chi connectivity index (χ3v) is 3.12. The van der Waals surface area contributed by atoms with Gasteiger partial charge >= 0.3 is 5.97 Å². The topological polar surface area (TPSA) is 81.8 Å². The van der Waals surface area contributed by atoms with Crippen molar-refractivity contribution < 1.29 is 19.4 Å². The Balaban J connectivity index is 2.15. The number of carboxylic acids is 1. The number of carbonyl (C=O) groups is 1. The van der Waals surface area contributed by atoms with E-state index in [4.69, 9.17) is 20.3 Å². The lowest BCUT2D eigenvalue weighted by Crippen LogP contribution is -2.27. The van der Waals surface area contributed by atoms with Crippen molar-refractivity contribution in [2.24, 2.45) is 5.73 Å². The molecule has 0 radical (unpaired) electrons. The lowest BCUT2D eigenvalue weighted by atomic mass is 10.1. The number of hydrogen-bond donors (Lipinski definition) is 2. The van der Waals surface area contributed by atoms with Crippen LogP contribution in [-0.2, 0) is 16.0 Å². The Bertz CT molecular complexity index is 447. The molecule has 0 aliphatic heterocycles. The van der Waals surface area contributed by atoms with Gasteiger partial charge in [-0.15, -0.1) is 0 Å². The first-order chi connectivity index (χ1) is 8.63. The Labute approximate surface area is 106 Å². The minimum atomic E-state index is -0.873. The summed E-state index contributed by atoms with van der Waals surface area (Å²) in [5.74, 6) is -0.123. The van der Waals surface area contributed by atoms with E-state index in [1.807, 2.05) is 18.2 Å². The normalized spacial score (nSPS) is 21.7. The fourth-order valence-corrected chi connectivity index (χ4v) is 2.32. The molecule has 0 amide bonds. The van der Waals surface area contributed by atoms with E-state index in [9.17, 15) is 4.79 Å². The zero-order chi connectivity index (χ0) is 13.1. The van der Waals surface area contributed by atoms with Gasteiger partial charge in [0.15, 0.2) is 0 Å². The molecule has 2 atom stereocenters. The van der Waals surface area contributed by atoms with Gasteiger partial charge in [-0.25, -0.2) is 0 Å². The van der Waals surface area contributed by atoms with Crippen LogP contribution in [0.15, 0.2) is 18.2 Å². The third-order valence-electron chi connectivity index (χ3n) is 3.12. The Morgan fingerprint density at radius 3 is 3.00 bits per heavy atom. The lowest BCUT2D eigenvalue weighted by molar-refractivity contribution is -0.138. The van der Waals surface area contributed by atoms with Gasteiger partial charge in [0.25, 0.3) is 0 Å². The summed E-state index contributed by atoms with van der Waals surface area (Å²) in [6.07, 6.45) is 0.424. The number of fused-ring (bicyclic) bond motifs is 1. The summed E-state index contributed by atoms with van der Waals surface area (Å²) >= 11 is 0. The zero-order valence-electron chi connectivity index (χ0n) is 10.3. The summed E-state index contributed by atoms with van der Waals surface area (Å²) in [6, 6.07) is 5.64. The van der Waals surface area contributed by atoms with Crippen LogP contribution in [0.5, 0.6) is 5.75 Å². The van der Waals surface area contributed by atoms with Crippen molar-refractivity contribution in [3.8, 4) is 5.75 Å². The molecule has 0 saturated carbocycles. The van der Waals surface area contributed by atoms with Crippen LogP contribution in [0.1, 0.15) is 23.7 Å². The standard InChI is InChI=1S/C13H17NO4/c1-17-10-4-2-3-8-7-9(14)13(12(8)10)18-6-5-11(15)16/h2-4,9,13H,5-7,14H2,1H3,(H,15,16). The van der Waals surface area contributed by atoms with Crippen LogP contribution in [0.2, 0.25) is 0 Å². The van der Waals surface area contributed by atoms with Gasteiger partial charge in [-0.05, 0) is 18.1 Å². The monoisotopic (exact) mass is 251 g/mol. The molecule has 5 heteroatoms. The molecule has 2 rings (SSSR count). The molecule has 0 bridgehead atoms. The average Bonchev–Trinajstić information content (AvgIpc) is 2.65. The van der Waals surface area contributed by atoms with E-state index >= 15 is 0 Å². The molecule has 0 fully saturated rings. The summed E-state index contributed by atoms with van der Waals surface area (Å²) in [5.41, 5.74) is 8.11. The first-order valence-electron chi connectivity index (χ1n) is 5.88. The molecule has 0 spiro atoms. The Kier molecular flexibility index (Phi) is 3.84. The molecule has 98 valence electrons. The molecule has 5 nitrogen and oxygen atoms in total. The van der Waals surface area contributed by atoms with Crippen molar-refractivity contribution in [1.29, 1.82) is 0 Å². The molecular formula is C13H17NO4. The lowest BCUT2D eigenvalue weighted by Gasteiger charge is -2.19. The predicted octanol–water partition coefficient (Wildman–Crippen LogP) is 1.11. The largest absolute Gasteiger partial charge is 0.496 e. The van der Waals surface area contributed by atoms with E-state index in [1.165, 1.54) is 0 Å². The van der Waals surface area contributed by atoms with Crippen molar-refractivity contribution >= 4 is 5.97 Å². The summed E-state index contributed by atoms with van der Waals surface area (Å²) in [4.78, 5) is 10.5. The van der Waals surface area contributed by atoms with E-state index in [2.05, 4.69) is 0 Å². The van der Waals surface area contributed by atoms with Gasteiger partial charge in [-0.2, -0.15) is 0 Å². The van der Waals surface area contributed by atoms with Gasteiger partial charge < -0.3 is 20.3 Å². The van der Waals surface area contributed by atoms with Crippen LogP contribution < -0.4 is 10.5 Å². The van der Waals surface area contributed by atoms with Gasteiger partial charge in [-0.1, -0.05) is 12.1 Å². The number of nitrogens with two attached hydrogens (primary N) is 1. The van der Waals surface area contributed by atoms with E-state index in [-0.39, 0.29) is 25.2 Å². The molecule has 0 aromatic heterocycles. The molecule has 0 saturated heterocycles. The van der Waals surface area contributed by atoms with Crippen LogP contribution >= 0.6 is 0 Å². The highest BCUT2D eigenvalue weighted by atomic mass is 16.5. The van der Waals surface area contributed by atoms with Crippen LogP contribution in [0, 0.1) is 0 Å². The predicted molar refractivity (Wildman–Crippen MR) is 65.6 cm³/mol. The van der Waals surface area contributed by atoms with Crippen LogP contribution in [0.4, 0.5) is 0 Å². The third kappa shape index (κ3) is 2.47. The van der Waals surface area contributed by atoms with Gasteiger partial charge in [0, 0.05) is 11.6 Å². The summed E-state index contributed by atoms with van der Waals surface area (Å²) in [7, 11) is 1.60. The molecule has 1 aliphatic rings. The fourth-order valence-electron chi connectivity index (χ4n) is 2.32. The Morgan fingerprint density at radius 2 is 2.33 bits per heavy atom. The van der Waals surface area contributed by atoms with E-state index in [1.54, 1.807) is 7.11 Å². The van der Waals surface area contributed by atoms with Crippen molar-refractivity contribution in [1.82, 2.24) is 0 Å². The fraction of sp³-hybridized carbons (Fsp3) is 0.462. The SMILES string of the molecule is COc1cccc2c1C(OCCC(=O)O)C(N)C2. The smallest absolute Gasteiger partial charge is 0.305 e. The van der Waals surface area contributed by atoms with Crippen LogP contribution in [-0.4, -0.2) is 30.8 Å². The van der Waals surface area contributed by atoms with E-state index in [0.717, 1.165) is 23.3 Å². The van der Waals surface area contributed by atoms with Crippen LogP contribution in [0.25, 0.3) is 0 Å². The molecule has 1 aromatic rings.